The Kier molecular flexibility index (Phi) is 34.1. The average molecular weight is 1360 g/mol. The number of hydrogen-bond donors (Lipinski definition) is 5. The Morgan fingerprint density at radius 2 is 0.990 bits per heavy atom. The molecule has 4 unspecified atom stereocenters. The van der Waals surface area contributed by atoms with E-state index < -0.39 is 0 Å². The topological polar surface area (TPSA) is 224 Å². The fourth-order valence-electron chi connectivity index (χ4n) is 22.2. The van der Waals surface area contributed by atoms with Gasteiger partial charge in [0, 0.05) is 62.5 Å². The molecular weight excluding hydrogens is 1220 g/mol. The first kappa shape index (κ1) is 81.1. The maximum atomic E-state index is 12.9. The molecule has 8 rings (SSSR count). The van der Waals surface area contributed by atoms with Crippen molar-refractivity contribution < 1.29 is 38.0 Å². The van der Waals surface area contributed by atoms with Crippen molar-refractivity contribution in [3.63, 3.8) is 0 Å². The Balaban J connectivity index is 0.000000276. The SMILES string of the molecule is CCCCCCCCNC(=O)CC[C@@H](C)[C@H]1CC[C@H]2C3[C@H](OCCCN)CC4C[C@H](OCCCN)CC[C@]4(C)[C@H]3C[C@H](OCCCN)[C@]12C.[C-]#[N+]C=CO[C@@H]1CC[C@@]2(C)C(C1)C[C@@H](OC=CC#N)C1[C@@H]3CC[C@H]([C@H](C)CCC(=O)NCCCCCCCC)[C@@]3(C)[C@@H](OC=C[N+]#[C-])C[C@@H]12. The van der Waals surface area contributed by atoms with Crippen molar-refractivity contribution in [1.82, 2.24) is 10.6 Å². The van der Waals surface area contributed by atoms with Crippen molar-refractivity contribution in [3.8, 4) is 6.07 Å². The number of nitriles is 1. The summed E-state index contributed by atoms with van der Waals surface area (Å²) in [4.78, 5) is 32.5. The number of unbranched alkanes of at least 4 members (excludes halogenated alkanes) is 10. The van der Waals surface area contributed by atoms with Crippen molar-refractivity contribution in [2.45, 2.75) is 304 Å². The smallest absolute Gasteiger partial charge is 0.220 e. The molecule has 16 heteroatoms. The minimum Gasteiger partial charge on any atom is -0.510 e. The van der Waals surface area contributed by atoms with Gasteiger partial charge in [0.05, 0.1) is 68.5 Å². The molecule has 0 aliphatic heterocycles. The number of rotatable bonds is 40. The lowest BCUT2D eigenvalue weighted by atomic mass is 9.43. The highest BCUT2D eigenvalue weighted by molar-refractivity contribution is 5.76. The maximum Gasteiger partial charge on any atom is 0.220 e. The van der Waals surface area contributed by atoms with Crippen LogP contribution in [0.4, 0.5) is 0 Å². The third kappa shape index (κ3) is 20.6. The number of carbonyl (C=O) groups excluding carboxylic acids is 2. The summed E-state index contributed by atoms with van der Waals surface area (Å²) in [6, 6.07) is 2.10. The van der Waals surface area contributed by atoms with E-state index in [9.17, 15) is 14.9 Å². The quantitative estimate of drug-likeness (QED) is 0.0167. The van der Waals surface area contributed by atoms with E-state index >= 15 is 0 Å². The molecule has 554 valence electrons. The molecule has 8 aliphatic carbocycles. The summed E-state index contributed by atoms with van der Waals surface area (Å²) in [6.07, 6.45) is 45.3. The van der Waals surface area contributed by atoms with E-state index in [1.807, 2.05) is 0 Å². The number of nitrogens with two attached hydrogens (primary N) is 3. The third-order valence-electron chi connectivity index (χ3n) is 27.5. The van der Waals surface area contributed by atoms with E-state index in [1.165, 1.54) is 108 Å². The molecule has 0 heterocycles. The van der Waals surface area contributed by atoms with Crippen LogP contribution >= 0.6 is 0 Å². The summed E-state index contributed by atoms with van der Waals surface area (Å²) in [6.45, 7) is 39.5. The van der Waals surface area contributed by atoms with Crippen molar-refractivity contribution >= 4 is 11.8 Å². The molecule has 0 aromatic heterocycles. The number of nitrogens with one attached hydrogen (secondary N) is 2. The molecule has 8 N–H and O–H groups in total. The number of amides is 2. The lowest BCUT2D eigenvalue weighted by molar-refractivity contribution is -0.227. The standard InChI is InChI=1S/C41H60N4O4.C41H78N4O4/c1-7-8-9-10-11-12-21-45-38(46)17-14-30(2)33-15-16-34-39-35(29-37(41(33,34)4)49-26-23-44-6)40(3)19-18-32(47-25-22-43-5)27-31(40)28-36(39)48-24-13-20-42;1-5-6-7-8-9-10-23-45-38(46)17-14-30(2)33-15-16-34-39-35(29-37(41(33,34)4)49-26-13-22-44)40(3)19-18-32(47-24-11-20-42)27-31(40)28-36(39)48-25-12-21-43/h13,22-26,30-37,39H,7-12,14-19,21,27-29H2,1-4H3,(H,45,46);30-37,39H,5-29,42-44H2,1-4H3,(H,45,46)/t2*30-,31?,32-,33-,34+,35+,36-,37+,39?,40+,41-/m11/s1. The second-order valence-corrected chi connectivity index (χ2v) is 32.9. The van der Waals surface area contributed by atoms with Gasteiger partial charge >= 0.3 is 0 Å². The van der Waals surface area contributed by atoms with Gasteiger partial charge in [-0.15, -0.1) is 0 Å². The van der Waals surface area contributed by atoms with Crippen molar-refractivity contribution in [1.29, 1.82) is 5.26 Å². The van der Waals surface area contributed by atoms with Crippen LogP contribution in [0.3, 0.4) is 0 Å². The fourth-order valence-corrected chi connectivity index (χ4v) is 22.2. The highest BCUT2D eigenvalue weighted by Crippen LogP contribution is 2.71. The van der Waals surface area contributed by atoms with Gasteiger partial charge in [0.15, 0.2) is 12.4 Å². The highest BCUT2D eigenvalue weighted by atomic mass is 16.5. The number of hydrogen-bond acceptors (Lipinski definition) is 12. The summed E-state index contributed by atoms with van der Waals surface area (Å²) in [7, 11) is 0. The molecule has 22 atom stereocenters. The molecule has 0 saturated heterocycles. The van der Waals surface area contributed by atoms with Crippen LogP contribution in [0, 0.1) is 117 Å². The number of allylic oxidation sites excluding steroid dienone is 1. The highest BCUT2D eigenvalue weighted by Gasteiger charge is 2.69. The molecule has 8 saturated carbocycles. The van der Waals surface area contributed by atoms with Gasteiger partial charge in [-0.25, -0.2) is 9.69 Å². The Bertz CT molecular complexity index is 2590. The lowest BCUT2D eigenvalue weighted by Crippen LogP contribution is -2.63. The minimum atomic E-state index is -0.142. The van der Waals surface area contributed by atoms with Crippen molar-refractivity contribution in [2.24, 2.45) is 110 Å². The van der Waals surface area contributed by atoms with Crippen molar-refractivity contribution in [3.05, 3.63) is 60.1 Å². The van der Waals surface area contributed by atoms with Crippen LogP contribution in [-0.4, -0.2) is 101 Å². The van der Waals surface area contributed by atoms with Gasteiger partial charge < -0.3 is 56.3 Å². The zero-order valence-electron chi connectivity index (χ0n) is 62.7. The normalized spacial score (nSPS) is 36.0. The second-order valence-electron chi connectivity index (χ2n) is 32.9. The molecule has 8 aliphatic rings. The van der Waals surface area contributed by atoms with Gasteiger partial charge in [0.1, 0.15) is 12.2 Å². The van der Waals surface area contributed by atoms with Crippen LogP contribution in [0.1, 0.15) is 267 Å². The van der Waals surface area contributed by atoms with E-state index in [0.717, 1.165) is 148 Å². The molecule has 2 amide bonds. The minimum absolute atomic E-state index is 0.0175. The summed E-state index contributed by atoms with van der Waals surface area (Å²) in [5.41, 5.74) is 18.0. The van der Waals surface area contributed by atoms with Gasteiger partial charge in [0.2, 0.25) is 11.8 Å². The summed E-state index contributed by atoms with van der Waals surface area (Å²) in [5.74, 6) is 5.79. The maximum absolute atomic E-state index is 12.9. The van der Waals surface area contributed by atoms with Crippen LogP contribution in [0.25, 0.3) is 9.69 Å². The second kappa shape index (κ2) is 41.2. The molecule has 8 fully saturated rings. The van der Waals surface area contributed by atoms with Gasteiger partial charge in [-0.3, -0.25) is 9.59 Å². The van der Waals surface area contributed by atoms with Crippen LogP contribution in [0.5, 0.6) is 0 Å². The Labute approximate surface area is 595 Å². The molecule has 0 radical (unpaired) electrons. The van der Waals surface area contributed by atoms with E-state index in [4.69, 9.17) is 58.8 Å². The lowest BCUT2D eigenvalue weighted by Gasteiger charge is -2.65. The zero-order valence-corrected chi connectivity index (χ0v) is 62.7. The molecule has 98 heavy (non-hydrogen) atoms. The number of nitrogens with zero attached hydrogens (tertiary/aromatic N) is 3. The first-order valence-electron chi connectivity index (χ1n) is 40.0. The van der Waals surface area contributed by atoms with Crippen LogP contribution < -0.4 is 27.8 Å². The molecule has 0 spiro atoms. The van der Waals surface area contributed by atoms with Crippen LogP contribution in [0.15, 0.2) is 37.3 Å². The van der Waals surface area contributed by atoms with Gasteiger partial charge in [-0.2, -0.15) is 5.26 Å². The molecule has 16 nitrogen and oxygen atoms in total. The molecule has 0 aromatic rings. The largest absolute Gasteiger partial charge is 0.510 e. The van der Waals surface area contributed by atoms with E-state index in [-0.39, 0.29) is 64.0 Å². The summed E-state index contributed by atoms with van der Waals surface area (Å²) >= 11 is 0. The zero-order chi connectivity index (χ0) is 70.6. The van der Waals surface area contributed by atoms with Gasteiger partial charge in [0.25, 0.3) is 0 Å². The van der Waals surface area contributed by atoms with Gasteiger partial charge in [-0.05, 0) is 230 Å². The first-order valence-corrected chi connectivity index (χ1v) is 40.0. The van der Waals surface area contributed by atoms with Crippen LogP contribution in [0.2, 0.25) is 0 Å². The van der Waals surface area contributed by atoms with Crippen molar-refractivity contribution in [2.75, 3.05) is 52.5 Å². The Morgan fingerprint density at radius 1 is 0.531 bits per heavy atom. The third-order valence-corrected chi connectivity index (χ3v) is 27.5. The van der Waals surface area contributed by atoms with E-state index in [2.05, 4.69) is 81.8 Å². The average Bonchev–Trinajstić information content (AvgIpc) is 1.33. The van der Waals surface area contributed by atoms with Gasteiger partial charge in [-0.1, -0.05) is 120 Å². The molecule has 0 bridgehead atoms. The Morgan fingerprint density at radius 3 is 1.52 bits per heavy atom. The number of ether oxygens (including phenoxy) is 6. The molecular formula is C82H138N8O8. The predicted molar refractivity (Wildman–Crippen MR) is 393 cm³/mol. The van der Waals surface area contributed by atoms with E-state index in [0.29, 0.717) is 110 Å². The number of fused-ring (bicyclic) bond motifs is 10. The van der Waals surface area contributed by atoms with Crippen LogP contribution in [-0.2, 0) is 38.0 Å². The molecule has 0 aromatic carbocycles. The van der Waals surface area contributed by atoms with E-state index in [1.54, 1.807) is 12.5 Å². The predicted octanol–water partition coefficient (Wildman–Crippen LogP) is 16.7. The summed E-state index contributed by atoms with van der Waals surface area (Å²) in [5, 5.41) is 15.7. The first-order chi connectivity index (χ1) is 47.5. The Hall–Kier alpha value is -4.21. The summed E-state index contributed by atoms with van der Waals surface area (Å²) < 4.78 is 39.4. The fraction of sp³-hybridized carbons (Fsp3) is 0.866. The number of carbonyl (C=O) groups is 2. The monoisotopic (exact) mass is 1360 g/mol.